The Bertz CT molecular complexity index is 383. The van der Waals surface area contributed by atoms with E-state index in [1.54, 1.807) is 17.1 Å². The molecule has 1 aromatic heterocycles. The van der Waals surface area contributed by atoms with Crippen LogP contribution in [0.5, 0.6) is 0 Å². The van der Waals surface area contributed by atoms with Gasteiger partial charge in [0.15, 0.2) is 0 Å². The molecule has 5 nitrogen and oxygen atoms in total. The Labute approximate surface area is 92.5 Å². The number of oxime groups is 1. The highest BCUT2D eigenvalue weighted by Gasteiger charge is 2.43. The number of hydrogen-bond acceptors (Lipinski definition) is 3. The highest BCUT2D eigenvalue weighted by atomic mass is 35.5. The van der Waals surface area contributed by atoms with Crippen LogP contribution in [0, 0.1) is 5.41 Å². The molecule has 0 unspecified atom stereocenters. The van der Waals surface area contributed by atoms with Gasteiger partial charge in [0, 0.05) is 19.2 Å². The summed E-state index contributed by atoms with van der Waals surface area (Å²) in [6.07, 6.45) is 6.18. The molecule has 82 valence electrons. The van der Waals surface area contributed by atoms with Gasteiger partial charge in [0.05, 0.1) is 11.2 Å². The molecule has 1 heterocycles. The summed E-state index contributed by atoms with van der Waals surface area (Å²) < 4.78 is 1.81. The van der Waals surface area contributed by atoms with Gasteiger partial charge in [0.25, 0.3) is 0 Å². The molecule has 0 amide bonds. The van der Waals surface area contributed by atoms with Crippen LogP contribution in [0.25, 0.3) is 0 Å². The fraction of sp³-hybridized carbons (Fsp3) is 0.556. The van der Waals surface area contributed by atoms with Crippen molar-refractivity contribution in [2.45, 2.75) is 25.8 Å². The van der Waals surface area contributed by atoms with Crippen molar-refractivity contribution in [3.8, 4) is 0 Å². The molecule has 0 bridgehead atoms. The second-order valence-electron chi connectivity index (χ2n) is 4.12. The molecule has 3 N–H and O–H groups in total. The zero-order valence-corrected chi connectivity index (χ0v) is 8.98. The summed E-state index contributed by atoms with van der Waals surface area (Å²) in [5, 5.41) is 16.3. The minimum atomic E-state index is 0.117. The smallest absolute Gasteiger partial charge is 0.139 e. The second-order valence-corrected chi connectivity index (χ2v) is 4.56. The number of amidine groups is 1. The van der Waals surface area contributed by atoms with Crippen LogP contribution in [-0.4, -0.2) is 20.8 Å². The normalized spacial score (nSPS) is 19.1. The number of halogens is 1. The average Bonchev–Trinajstić information content (AvgIpc) is 2.82. The zero-order chi connectivity index (χ0) is 10.9. The third-order valence-corrected chi connectivity index (χ3v) is 2.94. The molecular weight excluding hydrogens is 216 g/mol. The molecule has 0 aliphatic heterocycles. The van der Waals surface area contributed by atoms with Gasteiger partial charge in [0.1, 0.15) is 5.84 Å². The lowest BCUT2D eigenvalue weighted by Crippen LogP contribution is -2.21. The lowest BCUT2D eigenvalue weighted by atomic mass is 10.0. The van der Waals surface area contributed by atoms with Gasteiger partial charge in [-0.2, -0.15) is 5.10 Å². The van der Waals surface area contributed by atoms with E-state index in [4.69, 9.17) is 22.5 Å². The quantitative estimate of drug-likeness (QED) is 0.355. The van der Waals surface area contributed by atoms with E-state index in [9.17, 15) is 0 Å². The maximum Gasteiger partial charge on any atom is 0.139 e. The summed E-state index contributed by atoms with van der Waals surface area (Å²) in [4.78, 5) is 0. The van der Waals surface area contributed by atoms with Gasteiger partial charge in [-0.3, -0.25) is 4.68 Å². The van der Waals surface area contributed by atoms with Crippen molar-refractivity contribution in [1.29, 1.82) is 0 Å². The van der Waals surface area contributed by atoms with Crippen LogP contribution in [0.1, 0.15) is 19.3 Å². The predicted octanol–water partition coefficient (Wildman–Crippen LogP) is 1.45. The monoisotopic (exact) mass is 228 g/mol. The molecule has 1 aliphatic carbocycles. The highest BCUT2D eigenvalue weighted by molar-refractivity contribution is 6.30. The van der Waals surface area contributed by atoms with Crippen LogP contribution in [0.4, 0.5) is 0 Å². The Kier molecular flexibility index (Phi) is 2.56. The Hall–Kier alpha value is -1.23. The molecule has 0 radical (unpaired) electrons. The molecule has 0 saturated heterocycles. The van der Waals surface area contributed by atoms with Gasteiger partial charge >= 0.3 is 0 Å². The topological polar surface area (TPSA) is 76.4 Å². The van der Waals surface area contributed by atoms with Crippen molar-refractivity contribution in [2.75, 3.05) is 0 Å². The Morgan fingerprint density at radius 1 is 1.73 bits per heavy atom. The molecule has 0 atom stereocenters. The van der Waals surface area contributed by atoms with Gasteiger partial charge in [-0.05, 0) is 18.3 Å². The number of nitrogens with two attached hydrogens (primary N) is 1. The molecule has 2 rings (SSSR count). The van der Waals surface area contributed by atoms with Crippen LogP contribution in [-0.2, 0) is 6.54 Å². The summed E-state index contributed by atoms with van der Waals surface area (Å²) in [7, 11) is 0. The van der Waals surface area contributed by atoms with E-state index >= 15 is 0 Å². The van der Waals surface area contributed by atoms with Gasteiger partial charge in [0.2, 0.25) is 0 Å². The van der Waals surface area contributed by atoms with Crippen molar-refractivity contribution < 1.29 is 5.21 Å². The molecule has 6 heteroatoms. The molecule has 1 aromatic rings. The highest BCUT2D eigenvalue weighted by Crippen LogP contribution is 2.50. The van der Waals surface area contributed by atoms with Gasteiger partial charge < -0.3 is 10.9 Å². The summed E-state index contributed by atoms with van der Waals surface area (Å²) in [6.45, 7) is 0.774. The van der Waals surface area contributed by atoms with E-state index < -0.39 is 0 Å². The van der Waals surface area contributed by atoms with Crippen molar-refractivity contribution in [2.24, 2.45) is 16.3 Å². The zero-order valence-electron chi connectivity index (χ0n) is 8.23. The fourth-order valence-corrected chi connectivity index (χ4v) is 1.91. The lowest BCUT2D eigenvalue weighted by Gasteiger charge is -2.13. The number of hydrogen-bond donors (Lipinski definition) is 2. The fourth-order valence-electron chi connectivity index (χ4n) is 1.76. The first kappa shape index (κ1) is 10.3. The molecule has 15 heavy (non-hydrogen) atoms. The van der Waals surface area contributed by atoms with Gasteiger partial charge in [-0.15, -0.1) is 0 Å². The van der Waals surface area contributed by atoms with Crippen LogP contribution in [0.15, 0.2) is 17.5 Å². The van der Waals surface area contributed by atoms with Gasteiger partial charge in [-0.25, -0.2) is 0 Å². The number of rotatable bonds is 4. The largest absolute Gasteiger partial charge is 0.409 e. The van der Waals surface area contributed by atoms with Gasteiger partial charge in [-0.1, -0.05) is 16.8 Å². The van der Waals surface area contributed by atoms with Crippen molar-refractivity contribution in [3.63, 3.8) is 0 Å². The summed E-state index contributed by atoms with van der Waals surface area (Å²) in [5.74, 6) is 0.283. The molecule has 1 aliphatic rings. The van der Waals surface area contributed by atoms with Crippen molar-refractivity contribution in [1.82, 2.24) is 9.78 Å². The Morgan fingerprint density at radius 3 is 2.93 bits per heavy atom. The third-order valence-electron chi connectivity index (χ3n) is 2.74. The van der Waals surface area contributed by atoms with E-state index in [-0.39, 0.29) is 11.3 Å². The first-order valence-electron chi connectivity index (χ1n) is 4.78. The maximum absolute atomic E-state index is 8.52. The van der Waals surface area contributed by atoms with E-state index in [2.05, 4.69) is 10.3 Å². The Balaban J connectivity index is 1.99. The predicted molar refractivity (Wildman–Crippen MR) is 56.9 cm³/mol. The molecule has 1 saturated carbocycles. The lowest BCUT2D eigenvalue weighted by molar-refractivity contribution is 0.312. The van der Waals surface area contributed by atoms with Crippen molar-refractivity contribution >= 4 is 17.4 Å². The maximum atomic E-state index is 8.52. The minimum Gasteiger partial charge on any atom is -0.409 e. The van der Waals surface area contributed by atoms with E-state index in [0.717, 1.165) is 19.4 Å². The third kappa shape index (κ3) is 2.41. The summed E-state index contributed by atoms with van der Waals surface area (Å²) >= 11 is 5.77. The van der Waals surface area contributed by atoms with Crippen LogP contribution in [0.2, 0.25) is 5.02 Å². The van der Waals surface area contributed by atoms with E-state index in [1.807, 2.05) is 0 Å². The van der Waals surface area contributed by atoms with E-state index in [0.29, 0.717) is 11.4 Å². The first-order chi connectivity index (χ1) is 7.13. The van der Waals surface area contributed by atoms with Crippen LogP contribution < -0.4 is 5.73 Å². The first-order valence-corrected chi connectivity index (χ1v) is 5.16. The van der Waals surface area contributed by atoms with E-state index in [1.165, 1.54) is 0 Å². The summed E-state index contributed by atoms with van der Waals surface area (Å²) in [6, 6.07) is 0. The second kappa shape index (κ2) is 3.73. The molecule has 0 aromatic carbocycles. The Morgan fingerprint density at radius 2 is 2.47 bits per heavy atom. The van der Waals surface area contributed by atoms with Crippen LogP contribution in [0.3, 0.4) is 0 Å². The molecule has 1 fully saturated rings. The average molecular weight is 229 g/mol. The number of nitrogens with zero attached hydrogens (tertiary/aromatic N) is 3. The molecular formula is C9H13ClN4O. The standard InChI is InChI=1S/C9H13ClN4O/c10-7-4-12-14(5-7)6-9(1-2-9)3-8(11)13-15/h4-5,15H,1-3,6H2,(H2,11,13). The summed E-state index contributed by atoms with van der Waals surface area (Å²) in [5.41, 5.74) is 5.62. The SMILES string of the molecule is NC(CC1(Cn2cc(Cl)cn2)CC1)=NO. The number of aromatic nitrogens is 2. The molecule has 0 spiro atoms. The van der Waals surface area contributed by atoms with Crippen molar-refractivity contribution in [3.05, 3.63) is 17.4 Å². The minimum absolute atomic E-state index is 0.117. The van der Waals surface area contributed by atoms with Crippen LogP contribution >= 0.6 is 11.6 Å².